The van der Waals surface area contributed by atoms with Crippen LogP contribution in [0.1, 0.15) is 23.3 Å². The summed E-state index contributed by atoms with van der Waals surface area (Å²) >= 11 is 0. The van der Waals surface area contributed by atoms with Crippen LogP contribution in [0.3, 0.4) is 0 Å². The molecule has 102 valence electrons. The van der Waals surface area contributed by atoms with Crippen LogP contribution >= 0.6 is 0 Å². The van der Waals surface area contributed by atoms with E-state index in [1.54, 1.807) is 6.20 Å². The molecule has 3 rings (SSSR count). The average Bonchev–Trinajstić information content (AvgIpc) is 3.23. The number of carboxylic acid groups (broad SMARTS) is 1. The number of carbonyl (C=O) groups is 1. The zero-order valence-corrected chi connectivity index (χ0v) is 10.8. The van der Waals surface area contributed by atoms with Crippen LogP contribution in [0, 0.1) is 5.92 Å². The maximum Gasteiger partial charge on any atom is 0.358 e. The summed E-state index contributed by atoms with van der Waals surface area (Å²) in [5.41, 5.74) is 0.0538. The van der Waals surface area contributed by atoms with Crippen LogP contribution in [0.4, 0.5) is 5.82 Å². The Hall–Kier alpha value is -1.69. The number of hydrogen-bond donors (Lipinski definition) is 1. The quantitative estimate of drug-likeness (QED) is 0.861. The molecule has 6 heteroatoms. The molecule has 2 fully saturated rings. The summed E-state index contributed by atoms with van der Waals surface area (Å²) in [5, 5.41) is 9.14. The Bertz CT molecular complexity index is 467. The highest BCUT2D eigenvalue weighted by Gasteiger charge is 2.28. The minimum atomic E-state index is -1.01. The molecule has 0 bridgehead atoms. The van der Waals surface area contributed by atoms with Crippen LogP contribution in [0.25, 0.3) is 0 Å². The van der Waals surface area contributed by atoms with Crippen LogP contribution in [0.5, 0.6) is 0 Å². The summed E-state index contributed by atoms with van der Waals surface area (Å²) < 4.78 is 0. The number of aromatic carboxylic acids is 1. The van der Waals surface area contributed by atoms with E-state index < -0.39 is 5.97 Å². The molecule has 1 aliphatic heterocycles. The molecule has 0 spiro atoms. The molecule has 1 saturated carbocycles. The van der Waals surface area contributed by atoms with Crippen molar-refractivity contribution in [2.24, 2.45) is 5.92 Å². The fourth-order valence-electron chi connectivity index (χ4n) is 2.52. The third-order valence-electron chi connectivity index (χ3n) is 3.77. The summed E-state index contributed by atoms with van der Waals surface area (Å²) in [6, 6.07) is 0. The lowest BCUT2D eigenvalue weighted by Gasteiger charge is -2.35. The SMILES string of the molecule is O=C(O)c1nccnc1N1CCN(CC2CC2)CC1. The second-order valence-electron chi connectivity index (χ2n) is 5.26. The summed E-state index contributed by atoms with van der Waals surface area (Å²) in [6.45, 7) is 4.80. The van der Waals surface area contributed by atoms with Gasteiger partial charge in [0.05, 0.1) is 0 Å². The Morgan fingerprint density at radius 3 is 2.53 bits per heavy atom. The predicted molar refractivity (Wildman–Crippen MR) is 70.4 cm³/mol. The largest absolute Gasteiger partial charge is 0.476 e. The molecule has 0 atom stereocenters. The zero-order chi connectivity index (χ0) is 13.2. The summed E-state index contributed by atoms with van der Waals surface area (Å²) in [4.78, 5) is 23.7. The van der Waals surface area contributed by atoms with Gasteiger partial charge in [-0.25, -0.2) is 14.8 Å². The Morgan fingerprint density at radius 1 is 1.21 bits per heavy atom. The van der Waals surface area contributed by atoms with E-state index in [1.807, 2.05) is 4.90 Å². The van der Waals surface area contributed by atoms with Crippen molar-refractivity contribution in [2.45, 2.75) is 12.8 Å². The number of hydrogen-bond acceptors (Lipinski definition) is 5. The molecule has 6 nitrogen and oxygen atoms in total. The molecule has 19 heavy (non-hydrogen) atoms. The van der Waals surface area contributed by atoms with Gasteiger partial charge in [0.2, 0.25) is 0 Å². The van der Waals surface area contributed by atoms with Gasteiger partial charge in [0.1, 0.15) is 0 Å². The molecule has 0 aromatic carbocycles. The minimum Gasteiger partial charge on any atom is -0.476 e. The highest BCUT2D eigenvalue weighted by molar-refractivity contribution is 5.90. The van der Waals surface area contributed by atoms with Crippen molar-refractivity contribution in [3.05, 3.63) is 18.1 Å². The van der Waals surface area contributed by atoms with Crippen molar-refractivity contribution in [3.63, 3.8) is 0 Å². The van der Waals surface area contributed by atoms with Crippen LogP contribution in [0.2, 0.25) is 0 Å². The number of aromatic nitrogens is 2. The van der Waals surface area contributed by atoms with Gasteiger partial charge in [-0.2, -0.15) is 0 Å². The van der Waals surface area contributed by atoms with Gasteiger partial charge in [-0.3, -0.25) is 4.90 Å². The molecule has 0 amide bonds. The molecular weight excluding hydrogens is 244 g/mol. The van der Waals surface area contributed by atoms with Gasteiger partial charge in [0.25, 0.3) is 0 Å². The topological polar surface area (TPSA) is 69.6 Å². The third kappa shape index (κ3) is 2.84. The lowest BCUT2D eigenvalue weighted by Crippen LogP contribution is -2.47. The van der Waals surface area contributed by atoms with E-state index in [9.17, 15) is 4.79 Å². The molecule has 0 radical (unpaired) electrons. The number of piperazine rings is 1. The molecule has 0 unspecified atom stereocenters. The van der Waals surface area contributed by atoms with Crippen molar-refractivity contribution < 1.29 is 9.90 Å². The second-order valence-corrected chi connectivity index (χ2v) is 5.26. The van der Waals surface area contributed by atoms with Gasteiger partial charge in [-0.1, -0.05) is 0 Å². The van der Waals surface area contributed by atoms with Gasteiger partial charge in [0.15, 0.2) is 11.5 Å². The Morgan fingerprint density at radius 2 is 1.89 bits per heavy atom. The Labute approximate surface area is 112 Å². The normalized spacial score (nSPS) is 20.5. The number of rotatable bonds is 4. The monoisotopic (exact) mass is 262 g/mol. The van der Waals surface area contributed by atoms with Crippen LogP contribution in [-0.2, 0) is 0 Å². The van der Waals surface area contributed by atoms with E-state index >= 15 is 0 Å². The molecule has 1 N–H and O–H groups in total. The first-order valence-corrected chi connectivity index (χ1v) is 6.75. The van der Waals surface area contributed by atoms with Crippen LogP contribution in [-0.4, -0.2) is 58.7 Å². The smallest absolute Gasteiger partial charge is 0.358 e. The van der Waals surface area contributed by atoms with E-state index in [0.717, 1.165) is 32.1 Å². The molecule has 1 saturated heterocycles. The molecule has 2 aliphatic rings. The molecule has 2 heterocycles. The molecule has 1 aromatic heterocycles. The first-order chi connectivity index (χ1) is 9.24. The maximum absolute atomic E-state index is 11.1. The first-order valence-electron chi connectivity index (χ1n) is 6.75. The van der Waals surface area contributed by atoms with Gasteiger partial charge in [-0.05, 0) is 18.8 Å². The summed E-state index contributed by atoms with van der Waals surface area (Å²) in [5.74, 6) is 0.391. The number of nitrogens with zero attached hydrogens (tertiary/aromatic N) is 4. The standard InChI is InChI=1S/C13H18N4O2/c18-13(19)11-12(15-4-3-14-11)17-7-5-16(6-8-17)9-10-1-2-10/h3-4,10H,1-2,5-9H2,(H,18,19). The fraction of sp³-hybridized carbons (Fsp3) is 0.615. The number of anilines is 1. The zero-order valence-electron chi connectivity index (χ0n) is 10.8. The lowest BCUT2D eigenvalue weighted by molar-refractivity contribution is 0.0690. The summed E-state index contributed by atoms with van der Waals surface area (Å²) in [6.07, 6.45) is 5.72. The predicted octanol–water partition coefficient (Wildman–Crippen LogP) is 0.707. The van der Waals surface area contributed by atoms with E-state index in [-0.39, 0.29) is 5.69 Å². The van der Waals surface area contributed by atoms with Gasteiger partial charge in [0, 0.05) is 45.1 Å². The highest BCUT2D eigenvalue weighted by Crippen LogP contribution is 2.30. The van der Waals surface area contributed by atoms with E-state index in [1.165, 1.54) is 25.6 Å². The third-order valence-corrected chi connectivity index (χ3v) is 3.77. The minimum absolute atomic E-state index is 0.0538. The van der Waals surface area contributed by atoms with Gasteiger partial charge < -0.3 is 10.0 Å². The maximum atomic E-state index is 11.1. The Kier molecular flexibility index (Phi) is 3.33. The highest BCUT2D eigenvalue weighted by atomic mass is 16.4. The number of carboxylic acids is 1. The van der Waals surface area contributed by atoms with Gasteiger partial charge >= 0.3 is 5.97 Å². The molecule has 1 aromatic rings. The molecule has 1 aliphatic carbocycles. The molecular formula is C13H18N4O2. The average molecular weight is 262 g/mol. The van der Waals surface area contributed by atoms with Crippen molar-refractivity contribution in [1.29, 1.82) is 0 Å². The summed E-state index contributed by atoms with van der Waals surface area (Å²) in [7, 11) is 0. The fourth-order valence-corrected chi connectivity index (χ4v) is 2.52. The van der Waals surface area contributed by atoms with Crippen LogP contribution < -0.4 is 4.90 Å². The van der Waals surface area contributed by atoms with E-state index in [2.05, 4.69) is 14.9 Å². The van der Waals surface area contributed by atoms with Crippen molar-refractivity contribution in [3.8, 4) is 0 Å². The van der Waals surface area contributed by atoms with Crippen molar-refractivity contribution in [1.82, 2.24) is 14.9 Å². The second kappa shape index (κ2) is 5.13. The Balaban J connectivity index is 1.65. The lowest BCUT2D eigenvalue weighted by atomic mass is 10.2. The van der Waals surface area contributed by atoms with E-state index in [4.69, 9.17) is 5.11 Å². The van der Waals surface area contributed by atoms with Crippen LogP contribution in [0.15, 0.2) is 12.4 Å². The van der Waals surface area contributed by atoms with Crippen molar-refractivity contribution in [2.75, 3.05) is 37.6 Å². The van der Waals surface area contributed by atoms with Crippen molar-refractivity contribution >= 4 is 11.8 Å². The first kappa shape index (κ1) is 12.3. The van der Waals surface area contributed by atoms with Gasteiger partial charge in [-0.15, -0.1) is 0 Å². The van der Waals surface area contributed by atoms with E-state index in [0.29, 0.717) is 5.82 Å².